The van der Waals surface area contributed by atoms with E-state index in [1.54, 1.807) is 7.11 Å². The predicted octanol–water partition coefficient (Wildman–Crippen LogP) is 2.42. The van der Waals surface area contributed by atoms with Crippen molar-refractivity contribution in [2.45, 2.75) is 12.6 Å². The standard InChI is InChI=1S/C19H23FN2O3/c1-24-9-10-25-13-16-11-15(7-8-17(16)20)19(23)22-12-18(21)14-5-3-2-4-6-14/h2-8,11,18H,9-10,12-13,21H2,1H3,(H,22,23). The topological polar surface area (TPSA) is 73.6 Å². The van der Waals surface area contributed by atoms with Gasteiger partial charge in [0.1, 0.15) is 5.82 Å². The summed E-state index contributed by atoms with van der Waals surface area (Å²) in [6.45, 7) is 1.16. The maximum atomic E-state index is 13.8. The van der Waals surface area contributed by atoms with E-state index in [0.29, 0.717) is 30.9 Å². The summed E-state index contributed by atoms with van der Waals surface area (Å²) < 4.78 is 24.0. The van der Waals surface area contributed by atoms with Crippen LogP contribution in [-0.2, 0) is 16.1 Å². The van der Waals surface area contributed by atoms with E-state index in [1.807, 2.05) is 30.3 Å². The Morgan fingerprint density at radius 3 is 2.68 bits per heavy atom. The van der Waals surface area contributed by atoms with Crippen LogP contribution in [0.15, 0.2) is 48.5 Å². The average molecular weight is 346 g/mol. The highest BCUT2D eigenvalue weighted by atomic mass is 19.1. The number of nitrogens with two attached hydrogens (primary N) is 1. The summed E-state index contributed by atoms with van der Waals surface area (Å²) in [5.74, 6) is -0.709. The minimum atomic E-state index is -0.407. The van der Waals surface area contributed by atoms with Gasteiger partial charge in [0.15, 0.2) is 0 Å². The van der Waals surface area contributed by atoms with Crippen LogP contribution in [0.4, 0.5) is 4.39 Å². The molecule has 1 atom stereocenters. The number of rotatable bonds is 9. The van der Waals surface area contributed by atoms with E-state index in [2.05, 4.69) is 5.32 Å². The van der Waals surface area contributed by atoms with Crippen LogP contribution in [0.25, 0.3) is 0 Å². The van der Waals surface area contributed by atoms with Gasteiger partial charge in [-0.1, -0.05) is 30.3 Å². The zero-order chi connectivity index (χ0) is 18.1. The lowest BCUT2D eigenvalue weighted by molar-refractivity contribution is 0.0604. The quantitative estimate of drug-likeness (QED) is 0.684. The Bertz CT molecular complexity index is 680. The van der Waals surface area contributed by atoms with Crippen LogP contribution in [0.5, 0.6) is 0 Å². The Kier molecular flexibility index (Phi) is 7.53. The lowest BCUT2D eigenvalue weighted by Crippen LogP contribution is -2.32. The van der Waals surface area contributed by atoms with Gasteiger partial charge in [0.25, 0.3) is 5.91 Å². The first-order chi connectivity index (χ1) is 12.1. The first-order valence-corrected chi connectivity index (χ1v) is 8.05. The van der Waals surface area contributed by atoms with E-state index in [-0.39, 0.29) is 18.6 Å². The number of carbonyl (C=O) groups excluding carboxylic acids is 1. The van der Waals surface area contributed by atoms with Crippen LogP contribution in [0.3, 0.4) is 0 Å². The molecule has 0 saturated heterocycles. The van der Waals surface area contributed by atoms with E-state index in [9.17, 15) is 9.18 Å². The van der Waals surface area contributed by atoms with Gasteiger partial charge >= 0.3 is 0 Å². The molecule has 134 valence electrons. The van der Waals surface area contributed by atoms with E-state index in [1.165, 1.54) is 18.2 Å². The third-order valence-corrected chi connectivity index (χ3v) is 3.71. The second-order valence-corrected chi connectivity index (χ2v) is 5.58. The molecule has 0 saturated carbocycles. The molecule has 3 N–H and O–H groups in total. The molecule has 0 fully saturated rings. The summed E-state index contributed by atoms with van der Waals surface area (Å²) in [4.78, 5) is 12.3. The minimum absolute atomic E-state index is 0.0832. The summed E-state index contributed by atoms with van der Waals surface area (Å²) >= 11 is 0. The number of hydrogen-bond donors (Lipinski definition) is 2. The molecule has 2 aromatic rings. The summed E-state index contributed by atoms with van der Waals surface area (Å²) in [6, 6.07) is 13.4. The molecule has 0 heterocycles. The molecule has 2 rings (SSSR count). The van der Waals surface area contributed by atoms with Gasteiger partial charge < -0.3 is 20.5 Å². The molecule has 0 aliphatic heterocycles. The number of carbonyl (C=O) groups is 1. The van der Waals surface area contributed by atoms with Crippen molar-refractivity contribution in [1.29, 1.82) is 0 Å². The fourth-order valence-electron chi connectivity index (χ4n) is 2.27. The molecule has 25 heavy (non-hydrogen) atoms. The molecule has 1 amide bonds. The highest BCUT2D eigenvalue weighted by Gasteiger charge is 2.12. The van der Waals surface area contributed by atoms with Crippen molar-refractivity contribution >= 4 is 5.91 Å². The van der Waals surface area contributed by atoms with Crippen molar-refractivity contribution < 1.29 is 18.7 Å². The van der Waals surface area contributed by atoms with Crippen LogP contribution in [-0.4, -0.2) is 32.8 Å². The molecule has 0 radical (unpaired) electrons. The summed E-state index contributed by atoms with van der Waals surface area (Å²) in [5, 5.41) is 2.77. The monoisotopic (exact) mass is 346 g/mol. The largest absolute Gasteiger partial charge is 0.382 e. The Balaban J connectivity index is 1.92. The molecule has 0 aromatic heterocycles. The van der Waals surface area contributed by atoms with Gasteiger partial charge in [-0.2, -0.15) is 0 Å². The fraction of sp³-hybridized carbons (Fsp3) is 0.316. The summed E-state index contributed by atoms with van der Waals surface area (Å²) in [5.41, 5.74) is 7.70. The van der Waals surface area contributed by atoms with E-state index >= 15 is 0 Å². The van der Waals surface area contributed by atoms with Gasteiger partial charge in [-0.15, -0.1) is 0 Å². The Labute approximate surface area is 146 Å². The van der Waals surface area contributed by atoms with Crippen LogP contribution >= 0.6 is 0 Å². The molecule has 0 spiro atoms. The number of nitrogens with one attached hydrogen (secondary N) is 1. The zero-order valence-electron chi connectivity index (χ0n) is 14.2. The number of hydrogen-bond acceptors (Lipinski definition) is 4. The van der Waals surface area contributed by atoms with Crippen LogP contribution in [0.1, 0.15) is 27.5 Å². The van der Waals surface area contributed by atoms with Crippen LogP contribution < -0.4 is 11.1 Å². The normalized spacial score (nSPS) is 12.0. The second-order valence-electron chi connectivity index (χ2n) is 5.58. The molecule has 2 aromatic carbocycles. The molecule has 0 aliphatic rings. The van der Waals surface area contributed by atoms with E-state index in [0.717, 1.165) is 5.56 Å². The van der Waals surface area contributed by atoms with E-state index in [4.69, 9.17) is 15.2 Å². The predicted molar refractivity (Wildman–Crippen MR) is 93.6 cm³/mol. The van der Waals surface area contributed by atoms with Gasteiger partial charge in [-0.25, -0.2) is 4.39 Å². The smallest absolute Gasteiger partial charge is 0.251 e. The highest BCUT2D eigenvalue weighted by molar-refractivity contribution is 5.94. The van der Waals surface area contributed by atoms with Crippen molar-refractivity contribution in [1.82, 2.24) is 5.32 Å². The fourth-order valence-corrected chi connectivity index (χ4v) is 2.27. The molecule has 6 heteroatoms. The van der Waals surface area contributed by atoms with Crippen molar-refractivity contribution in [2.24, 2.45) is 5.73 Å². The van der Waals surface area contributed by atoms with Crippen molar-refractivity contribution in [3.8, 4) is 0 Å². The van der Waals surface area contributed by atoms with Crippen LogP contribution in [0.2, 0.25) is 0 Å². The number of halogens is 1. The van der Waals surface area contributed by atoms with Crippen molar-refractivity contribution in [3.05, 3.63) is 71.0 Å². The number of methoxy groups -OCH3 is 1. The van der Waals surface area contributed by atoms with Crippen molar-refractivity contribution in [3.63, 3.8) is 0 Å². The molecule has 1 unspecified atom stereocenters. The van der Waals surface area contributed by atoms with Gasteiger partial charge in [0.2, 0.25) is 0 Å². The summed E-state index contributed by atoms with van der Waals surface area (Å²) in [6.07, 6.45) is 0. The third-order valence-electron chi connectivity index (χ3n) is 3.71. The molecular weight excluding hydrogens is 323 g/mol. The van der Waals surface area contributed by atoms with Gasteiger partial charge in [0.05, 0.1) is 19.8 Å². The highest BCUT2D eigenvalue weighted by Crippen LogP contribution is 2.13. The zero-order valence-corrected chi connectivity index (χ0v) is 14.2. The Morgan fingerprint density at radius 2 is 1.96 bits per heavy atom. The second kappa shape index (κ2) is 9.88. The first-order valence-electron chi connectivity index (χ1n) is 8.05. The van der Waals surface area contributed by atoms with Gasteiger partial charge in [-0.3, -0.25) is 4.79 Å². The Morgan fingerprint density at radius 1 is 1.20 bits per heavy atom. The minimum Gasteiger partial charge on any atom is -0.382 e. The summed E-state index contributed by atoms with van der Waals surface area (Å²) in [7, 11) is 1.56. The molecular formula is C19H23FN2O3. The maximum absolute atomic E-state index is 13.8. The van der Waals surface area contributed by atoms with Gasteiger partial charge in [-0.05, 0) is 23.8 Å². The third kappa shape index (κ3) is 5.94. The maximum Gasteiger partial charge on any atom is 0.251 e. The number of benzene rings is 2. The SMILES string of the molecule is COCCOCc1cc(C(=O)NCC(N)c2ccccc2)ccc1F. The lowest BCUT2D eigenvalue weighted by atomic mass is 10.1. The Hall–Kier alpha value is -2.28. The number of ether oxygens (including phenoxy) is 2. The van der Waals surface area contributed by atoms with Crippen LogP contribution in [0, 0.1) is 5.82 Å². The molecule has 5 nitrogen and oxygen atoms in total. The lowest BCUT2D eigenvalue weighted by Gasteiger charge is -2.14. The average Bonchev–Trinajstić information content (AvgIpc) is 2.65. The number of amides is 1. The first kappa shape index (κ1) is 19.1. The van der Waals surface area contributed by atoms with Gasteiger partial charge in [0, 0.05) is 30.8 Å². The molecule has 0 aliphatic carbocycles. The van der Waals surface area contributed by atoms with E-state index < -0.39 is 5.82 Å². The molecule has 0 bridgehead atoms. The van der Waals surface area contributed by atoms with Crippen molar-refractivity contribution in [2.75, 3.05) is 26.9 Å².